The van der Waals surface area contributed by atoms with E-state index in [1.165, 1.54) is 5.56 Å². The van der Waals surface area contributed by atoms with Gasteiger partial charge in [0.2, 0.25) is 0 Å². The number of hydrogen-bond acceptors (Lipinski definition) is 4. The van der Waals surface area contributed by atoms with Crippen LogP contribution in [0.5, 0.6) is 0 Å². The number of aliphatic imine (C=N–C) groups is 1. The highest BCUT2D eigenvalue weighted by Gasteiger charge is 2.37. The maximum atomic E-state index is 11.3. The van der Waals surface area contributed by atoms with Crippen molar-refractivity contribution in [2.75, 3.05) is 40.0 Å². The Morgan fingerprint density at radius 1 is 1.13 bits per heavy atom. The molecule has 3 rings (SSSR count). The second-order valence-corrected chi connectivity index (χ2v) is 19.4. The number of H-pyrrole nitrogens is 2. The van der Waals surface area contributed by atoms with Crippen LogP contribution in [0, 0.1) is 0 Å². The van der Waals surface area contributed by atoms with Crippen LogP contribution in [0.25, 0.3) is 17.5 Å². The molecule has 0 unspecified atom stereocenters. The summed E-state index contributed by atoms with van der Waals surface area (Å²) in [7, 11) is 0.631. The Labute approximate surface area is 235 Å². The number of nitrogens with zero attached hydrogens (tertiary/aromatic N) is 2. The van der Waals surface area contributed by atoms with Gasteiger partial charge < -0.3 is 18.9 Å². The standard InChI is InChI=1S/C29H46N4O4SSi/c1-29(2,3)39(7,8)37-21-24-18-22(13-11-17-38(34,35)36)26(31-24)20-27-23(12-10-16-33(4,5)6)19-28(32-27)25-14-9-15-30-25/h9,14-15,18-20,30,32H,10-13,16-17,21H2,1-8H3/p+1/b26-20-. The third kappa shape index (κ3) is 9.42. The molecule has 0 amide bonds. The van der Waals surface area contributed by atoms with Crippen molar-refractivity contribution in [3.63, 3.8) is 0 Å². The van der Waals surface area contributed by atoms with Gasteiger partial charge in [0.05, 0.1) is 62.8 Å². The number of aromatic nitrogens is 2. The molecule has 0 aliphatic carbocycles. The fraction of sp³-hybridized carbons (Fsp3) is 0.552. The summed E-state index contributed by atoms with van der Waals surface area (Å²) in [6.45, 7) is 12.6. The first-order valence-corrected chi connectivity index (χ1v) is 18.2. The van der Waals surface area contributed by atoms with Crippen molar-refractivity contribution < 1.29 is 21.9 Å². The van der Waals surface area contributed by atoms with Crippen LogP contribution in [0.4, 0.5) is 0 Å². The van der Waals surface area contributed by atoms with E-state index < -0.39 is 18.4 Å². The minimum Gasteiger partial charge on any atom is -0.411 e. The molecule has 0 aromatic carbocycles. The fourth-order valence-electron chi connectivity index (χ4n) is 4.22. The molecule has 0 bridgehead atoms. The molecule has 8 nitrogen and oxygen atoms in total. The molecule has 1 aliphatic rings. The highest BCUT2D eigenvalue weighted by molar-refractivity contribution is 7.85. The van der Waals surface area contributed by atoms with Gasteiger partial charge in [-0.05, 0) is 78.9 Å². The Hall–Kier alpha value is -2.24. The SMILES string of the molecule is CC(C)(C)[Si](C)(C)OCC1=N/C(=C\c2[nH]c(-c3ccc[nH]3)cc2CCC[N+](C)(C)C)C(CCCS(=O)(=O)O)=C1. The minimum atomic E-state index is -4.02. The zero-order valence-corrected chi connectivity index (χ0v) is 26.7. The van der Waals surface area contributed by atoms with Crippen molar-refractivity contribution in [2.24, 2.45) is 4.99 Å². The van der Waals surface area contributed by atoms with Crippen molar-refractivity contribution in [2.45, 2.75) is 64.6 Å². The Kier molecular flexibility index (Phi) is 9.70. The van der Waals surface area contributed by atoms with Crippen molar-refractivity contribution in [1.82, 2.24) is 9.97 Å². The summed E-state index contributed by atoms with van der Waals surface area (Å²) < 4.78 is 39.3. The van der Waals surface area contributed by atoms with Gasteiger partial charge in [0, 0.05) is 18.3 Å². The summed E-state index contributed by atoms with van der Waals surface area (Å²) in [5.74, 6) is -0.275. The second-order valence-electron chi connectivity index (χ2n) is 13.1. The van der Waals surface area contributed by atoms with Crippen LogP contribution in [-0.4, -0.2) is 81.5 Å². The van der Waals surface area contributed by atoms with E-state index in [1.807, 2.05) is 24.4 Å². The average molecular weight is 576 g/mol. The largest absolute Gasteiger partial charge is 0.411 e. The van der Waals surface area contributed by atoms with Crippen LogP contribution in [0.15, 0.2) is 46.7 Å². The number of allylic oxidation sites excluding steroid dienone is 1. The van der Waals surface area contributed by atoms with Crippen LogP contribution in [0.3, 0.4) is 0 Å². The number of aromatic amines is 2. The molecule has 2 aromatic heterocycles. The van der Waals surface area contributed by atoms with Gasteiger partial charge in [0.1, 0.15) is 0 Å². The molecule has 0 spiro atoms. The van der Waals surface area contributed by atoms with E-state index in [4.69, 9.17) is 9.42 Å². The lowest BCUT2D eigenvalue weighted by molar-refractivity contribution is -0.870. The first kappa shape index (κ1) is 31.3. The van der Waals surface area contributed by atoms with Crippen molar-refractivity contribution in [1.29, 1.82) is 0 Å². The molecule has 0 saturated heterocycles. The summed E-state index contributed by atoms with van der Waals surface area (Å²) in [5, 5.41) is 0.0893. The normalized spacial score (nSPS) is 16.2. The van der Waals surface area contributed by atoms with Crippen LogP contribution in [0.1, 0.15) is 51.3 Å². The first-order chi connectivity index (χ1) is 17.9. The van der Waals surface area contributed by atoms with E-state index in [9.17, 15) is 13.0 Å². The molecule has 2 aromatic rings. The zero-order valence-electron chi connectivity index (χ0n) is 24.9. The topological polar surface area (TPSA) is 108 Å². The Morgan fingerprint density at radius 3 is 2.44 bits per heavy atom. The van der Waals surface area contributed by atoms with Crippen LogP contribution in [0.2, 0.25) is 18.1 Å². The third-order valence-electron chi connectivity index (χ3n) is 7.55. The first-order valence-electron chi connectivity index (χ1n) is 13.7. The van der Waals surface area contributed by atoms with Gasteiger partial charge in [-0.1, -0.05) is 20.8 Å². The van der Waals surface area contributed by atoms with E-state index in [2.05, 4.69) is 77.1 Å². The van der Waals surface area contributed by atoms with Gasteiger partial charge in [-0.3, -0.25) is 9.55 Å². The molecule has 0 atom stereocenters. The van der Waals surface area contributed by atoms with Gasteiger partial charge >= 0.3 is 0 Å². The molecule has 0 radical (unpaired) electrons. The van der Waals surface area contributed by atoms with Crippen molar-refractivity contribution in [3.8, 4) is 11.4 Å². The Morgan fingerprint density at radius 2 is 1.85 bits per heavy atom. The number of aryl methyl sites for hydroxylation is 1. The smallest absolute Gasteiger partial charge is 0.264 e. The molecule has 0 saturated carbocycles. The van der Waals surface area contributed by atoms with E-state index in [-0.39, 0.29) is 10.8 Å². The lowest BCUT2D eigenvalue weighted by Crippen LogP contribution is -2.41. The van der Waals surface area contributed by atoms with E-state index >= 15 is 0 Å². The zero-order chi connectivity index (χ0) is 29.1. The molecular weight excluding hydrogens is 528 g/mol. The molecular formula is C29H47N4O4SSi+. The van der Waals surface area contributed by atoms with E-state index in [0.717, 1.165) is 57.9 Å². The maximum absolute atomic E-state index is 11.3. The monoisotopic (exact) mass is 575 g/mol. The molecule has 10 heteroatoms. The fourth-order valence-corrected chi connectivity index (χ4v) is 5.67. The predicted octanol–water partition coefficient (Wildman–Crippen LogP) is 6.06. The molecule has 39 heavy (non-hydrogen) atoms. The van der Waals surface area contributed by atoms with E-state index in [1.54, 1.807) is 0 Å². The second kappa shape index (κ2) is 12.1. The molecule has 1 aliphatic heterocycles. The molecule has 3 N–H and O–H groups in total. The number of hydrogen-bond donors (Lipinski definition) is 3. The van der Waals surface area contributed by atoms with Crippen molar-refractivity contribution >= 4 is 30.2 Å². The Bertz CT molecular complexity index is 1320. The average Bonchev–Trinajstić information content (AvgIpc) is 3.51. The Balaban J connectivity index is 1.92. The number of nitrogens with one attached hydrogen (secondary N) is 2. The lowest BCUT2D eigenvalue weighted by Gasteiger charge is -2.36. The summed E-state index contributed by atoms with van der Waals surface area (Å²) in [4.78, 5) is 11.8. The highest BCUT2D eigenvalue weighted by atomic mass is 32.2. The molecule has 3 heterocycles. The van der Waals surface area contributed by atoms with Gasteiger partial charge in [-0.15, -0.1) is 0 Å². The van der Waals surface area contributed by atoms with Gasteiger partial charge in [-0.25, -0.2) is 0 Å². The number of rotatable bonds is 13. The van der Waals surface area contributed by atoms with E-state index in [0.29, 0.717) is 19.4 Å². The molecule has 0 fully saturated rings. The van der Waals surface area contributed by atoms with Gasteiger partial charge in [-0.2, -0.15) is 8.42 Å². The summed E-state index contributed by atoms with van der Waals surface area (Å²) in [6.07, 6.45) is 8.81. The van der Waals surface area contributed by atoms with Crippen molar-refractivity contribution in [3.05, 3.63) is 53.0 Å². The van der Waals surface area contributed by atoms with Gasteiger partial charge in [0.25, 0.3) is 10.1 Å². The third-order valence-corrected chi connectivity index (χ3v) is 12.8. The maximum Gasteiger partial charge on any atom is 0.264 e. The minimum absolute atomic E-state index is 0.0893. The summed E-state index contributed by atoms with van der Waals surface area (Å²) >= 11 is 0. The molecule has 216 valence electrons. The van der Waals surface area contributed by atoms with Gasteiger partial charge in [0.15, 0.2) is 8.32 Å². The lowest BCUT2D eigenvalue weighted by atomic mass is 10.0. The van der Waals surface area contributed by atoms with Crippen LogP contribution in [-0.2, 0) is 21.0 Å². The predicted molar refractivity (Wildman–Crippen MR) is 164 cm³/mol. The number of quaternary nitrogens is 1. The quantitative estimate of drug-likeness (QED) is 0.153. The van der Waals surface area contributed by atoms with Crippen LogP contribution >= 0.6 is 0 Å². The van der Waals surface area contributed by atoms with Crippen LogP contribution < -0.4 is 0 Å². The highest BCUT2D eigenvalue weighted by Crippen LogP contribution is 2.37. The summed E-state index contributed by atoms with van der Waals surface area (Å²) in [5.41, 5.74) is 6.89. The summed E-state index contributed by atoms with van der Waals surface area (Å²) in [6, 6.07) is 6.23.